The standard InChI is InChI=1S/C14H5Cl2F6N3O4/c15-8-1-5(13(17,18)19)4-23-9(8)2-6-10(24(26)27)3-7(14(20,21)22)11(16)12(6)25(28)29/h1,3-4H,2H2. The molecule has 0 aliphatic rings. The topological polar surface area (TPSA) is 99.2 Å². The SMILES string of the molecule is O=[N+]([O-])c1cc(C(F)(F)F)c(Cl)c([N+](=O)[O-])c1Cc1ncc(C(F)(F)F)cc1Cl. The molecule has 0 unspecified atom stereocenters. The highest BCUT2D eigenvalue weighted by Crippen LogP contribution is 2.45. The first-order chi connectivity index (χ1) is 13.1. The summed E-state index contributed by atoms with van der Waals surface area (Å²) >= 11 is 11.2. The molecule has 1 heterocycles. The van der Waals surface area contributed by atoms with Crippen molar-refractivity contribution in [2.24, 2.45) is 0 Å². The molecule has 0 saturated carbocycles. The number of nitro groups is 2. The van der Waals surface area contributed by atoms with Gasteiger partial charge in [-0.15, -0.1) is 0 Å². The Morgan fingerprint density at radius 2 is 1.55 bits per heavy atom. The normalized spacial score (nSPS) is 12.1. The van der Waals surface area contributed by atoms with Crippen LogP contribution in [-0.4, -0.2) is 14.8 Å². The summed E-state index contributed by atoms with van der Waals surface area (Å²) in [5.41, 5.74) is -7.18. The zero-order valence-electron chi connectivity index (χ0n) is 13.4. The van der Waals surface area contributed by atoms with E-state index in [2.05, 4.69) is 4.98 Å². The number of aromatic nitrogens is 1. The molecule has 0 bridgehead atoms. The molecule has 0 fully saturated rings. The summed E-state index contributed by atoms with van der Waals surface area (Å²) in [4.78, 5) is 23.2. The van der Waals surface area contributed by atoms with E-state index < -0.39 is 72.4 Å². The number of benzene rings is 1. The number of hydrogen-bond acceptors (Lipinski definition) is 5. The van der Waals surface area contributed by atoms with Crippen LogP contribution in [0.25, 0.3) is 0 Å². The number of pyridine rings is 1. The van der Waals surface area contributed by atoms with E-state index in [-0.39, 0.29) is 6.07 Å². The molecular formula is C14H5Cl2F6N3O4. The molecule has 2 aromatic rings. The van der Waals surface area contributed by atoms with Gasteiger partial charge in [0.15, 0.2) is 0 Å². The maximum absolute atomic E-state index is 13.0. The van der Waals surface area contributed by atoms with Gasteiger partial charge in [-0.3, -0.25) is 25.2 Å². The highest BCUT2D eigenvalue weighted by Gasteiger charge is 2.42. The molecule has 15 heteroatoms. The summed E-state index contributed by atoms with van der Waals surface area (Å²) in [5.74, 6) is 0. The lowest BCUT2D eigenvalue weighted by molar-refractivity contribution is -0.395. The first kappa shape index (κ1) is 22.6. The molecule has 0 aliphatic heterocycles. The Balaban J connectivity index is 2.74. The largest absolute Gasteiger partial charge is 0.418 e. The smallest absolute Gasteiger partial charge is 0.259 e. The molecule has 1 aromatic carbocycles. The van der Waals surface area contributed by atoms with Crippen LogP contribution in [-0.2, 0) is 18.8 Å². The second kappa shape index (κ2) is 7.63. The van der Waals surface area contributed by atoms with Crippen molar-refractivity contribution < 1.29 is 36.2 Å². The van der Waals surface area contributed by atoms with Gasteiger partial charge in [0.25, 0.3) is 11.4 Å². The summed E-state index contributed by atoms with van der Waals surface area (Å²) in [6, 6.07) is 0.426. The average molecular weight is 464 g/mol. The van der Waals surface area contributed by atoms with Gasteiger partial charge >= 0.3 is 12.4 Å². The van der Waals surface area contributed by atoms with E-state index >= 15 is 0 Å². The van der Waals surface area contributed by atoms with Gasteiger partial charge in [-0.25, -0.2) is 0 Å². The zero-order chi connectivity index (χ0) is 22.3. The second-order valence-corrected chi connectivity index (χ2v) is 6.21. The molecule has 29 heavy (non-hydrogen) atoms. The van der Waals surface area contributed by atoms with Gasteiger partial charge in [0, 0.05) is 18.7 Å². The van der Waals surface area contributed by atoms with Gasteiger partial charge in [0.2, 0.25) is 0 Å². The van der Waals surface area contributed by atoms with Gasteiger partial charge in [-0.1, -0.05) is 23.2 Å². The van der Waals surface area contributed by atoms with E-state index in [0.29, 0.717) is 12.3 Å². The first-order valence-electron chi connectivity index (χ1n) is 7.07. The Morgan fingerprint density at radius 3 is 1.97 bits per heavy atom. The molecule has 0 saturated heterocycles. The summed E-state index contributed by atoms with van der Waals surface area (Å²) < 4.78 is 77.2. The predicted molar refractivity (Wildman–Crippen MR) is 86.8 cm³/mol. The van der Waals surface area contributed by atoms with Crippen molar-refractivity contribution in [2.45, 2.75) is 18.8 Å². The molecule has 0 atom stereocenters. The molecule has 7 nitrogen and oxygen atoms in total. The maximum Gasteiger partial charge on any atom is 0.418 e. The van der Waals surface area contributed by atoms with E-state index in [9.17, 15) is 46.6 Å². The summed E-state index contributed by atoms with van der Waals surface area (Å²) in [6.07, 6.45) is -10.6. The molecule has 0 aliphatic carbocycles. The Bertz CT molecular complexity index is 1010. The van der Waals surface area contributed by atoms with Crippen LogP contribution in [0.15, 0.2) is 18.3 Å². The van der Waals surface area contributed by atoms with Gasteiger partial charge in [-0.05, 0) is 6.07 Å². The molecule has 0 N–H and O–H groups in total. The fourth-order valence-corrected chi connectivity index (χ4v) is 2.90. The number of nitrogens with zero attached hydrogens (tertiary/aromatic N) is 3. The third-order valence-corrected chi connectivity index (χ3v) is 4.30. The fourth-order valence-electron chi connectivity index (χ4n) is 2.32. The molecule has 1 aromatic heterocycles. The second-order valence-electron chi connectivity index (χ2n) is 5.42. The fraction of sp³-hybridized carbons (Fsp3) is 0.214. The van der Waals surface area contributed by atoms with Crippen LogP contribution in [0.2, 0.25) is 10.0 Å². The predicted octanol–water partition coefficient (Wildman–Crippen LogP) is 5.83. The molecule has 0 radical (unpaired) electrons. The van der Waals surface area contributed by atoms with E-state index in [1.807, 2.05) is 0 Å². The first-order valence-corrected chi connectivity index (χ1v) is 7.83. The summed E-state index contributed by atoms with van der Waals surface area (Å²) in [6.45, 7) is 0. The highest BCUT2D eigenvalue weighted by atomic mass is 35.5. The van der Waals surface area contributed by atoms with Gasteiger partial charge < -0.3 is 0 Å². The van der Waals surface area contributed by atoms with Crippen LogP contribution in [0.1, 0.15) is 22.4 Å². The summed E-state index contributed by atoms with van der Waals surface area (Å²) in [5, 5.41) is 20.4. The Kier molecular flexibility index (Phi) is 5.95. The third-order valence-electron chi connectivity index (χ3n) is 3.59. The van der Waals surface area contributed by atoms with E-state index in [4.69, 9.17) is 23.2 Å². The lowest BCUT2D eigenvalue weighted by atomic mass is 10.0. The maximum atomic E-state index is 13.0. The van der Waals surface area contributed by atoms with Crippen molar-refractivity contribution in [3.8, 4) is 0 Å². The van der Waals surface area contributed by atoms with Crippen molar-refractivity contribution in [2.75, 3.05) is 0 Å². The Labute approximate surface area is 166 Å². The number of alkyl halides is 6. The average Bonchev–Trinajstić information content (AvgIpc) is 2.53. The molecular weight excluding hydrogens is 459 g/mol. The number of rotatable bonds is 4. The molecule has 2 rings (SSSR count). The summed E-state index contributed by atoms with van der Waals surface area (Å²) in [7, 11) is 0. The monoisotopic (exact) mass is 463 g/mol. The van der Waals surface area contributed by atoms with Crippen LogP contribution < -0.4 is 0 Å². The lowest BCUT2D eigenvalue weighted by Gasteiger charge is -2.13. The van der Waals surface area contributed by atoms with E-state index in [1.54, 1.807) is 0 Å². The van der Waals surface area contributed by atoms with Gasteiger partial charge in [0.1, 0.15) is 10.6 Å². The Morgan fingerprint density at radius 1 is 0.966 bits per heavy atom. The number of hydrogen-bond donors (Lipinski definition) is 0. The van der Waals surface area contributed by atoms with Crippen LogP contribution >= 0.6 is 23.2 Å². The minimum atomic E-state index is -5.24. The molecule has 156 valence electrons. The quantitative estimate of drug-likeness (QED) is 0.322. The van der Waals surface area contributed by atoms with E-state index in [1.165, 1.54) is 0 Å². The van der Waals surface area contributed by atoms with Crippen molar-refractivity contribution in [1.29, 1.82) is 0 Å². The zero-order valence-corrected chi connectivity index (χ0v) is 14.9. The van der Waals surface area contributed by atoms with Crippen LogP contribution in [0, 0.1) is 20.2 Å². The van der Waals surface area contributed by atoms with Crippen molar-refractivity contribution in [3.63, 3.8) is 0 Å². The van der Waals surface area contributed by atoms with Crippen LogP contribution in [0.3, 0.4) is 0 Å². The van der Waals surface area contributed by atoms with Crippen molar-refractivity contribution in [3.05, 3.63) is 71.0 Å². The van der Waals surface area contributed by atoms with Crippen LogP contribution in [0.4, 0.5) is 37.7 Å². The lowest BCUT2D eigenvalue weighted by Crippen LogP contribution is -2.12. The van der Waals surface area contributed by atoms with Crippen LogP contribution in [0.5, 0.6) is 0 Å². The Hall–Kier alpha value is -2.67. The van der Waals surface area contributed by atoms with Gasteiger partial charge in [-0.2, -0.15) is 26.3 Å². The molecule has 0 spiro atoms. The number of halogens is 8. The highest BCUT2D eigenvalue weighted by molar-refractivity contribution is 6.34. The van der Waals surface area contributed by atoms with E-state index in [0.717, 1.165) is 0 Å². The van der Waals surface area contributed by atoms with Gasteiger partial charge in [0.05, 0.1) is 31.7 Å². The number of nitro benzene ring substituents is 2. The molecule has 0 amide bonds. The van der Waals surface area contributed by atoms with Crippen molar-refractivity contribution in [1.82, 2.24) is 4.98 Å². The minimum Gasteiger partial charge on any atom is -0.259 e. The minimum absolute atomic E-state index is 0.00263. The third kappa shape index (κ3) is 4.67. The van der Waals surface area contributed by atoms with Crippen molar-refractivity contribution >= 4 is 34.6 Å².